The van der Waals surface area contributed by atoms with E-state index in [0.29, 0.717) is 13.1 Å². The first-order valence-corrected chi connectivity index (χ1v) is 18.3. The molecule has 3 atom stereocenters. The molecule has 0 aromatic heterocycles. The van der Waals surface area contributed by atoms with Crippen molar-refractivity contribution in [3.05, 3.63) is 167 Å². The third-order valence-electron chi connectivity index (χ3n) is 9.98. The van der Waals surface area contributed by atoms with Gasteiger partial charge in [0.1, 0.15) is 0 Å². The van der Waals surface area contributed by atoms with Crippen LogP contribution in [0.2, 0.25) is 0 Å². The fourth-order valence-electron chi connectivity index (χ4n) is 7.01. The standard InChI is InChI=1S/C44H48N4O4/c49-32-35-14-16-38(17-15-35)42-27-41(31-48-24-22-47(23-25-48)30-34-10-5-2-6-11-34)51-43(52-42)39-20-18-37(19-21-39)40-13-7-12-36(26-40)29-46-44(50)45-28-33-8-3-1-4-9-33/h1-21,26,41-43,49H,22-25,27-32H2,(H2,45,46,50). The summed E-state index contributed by atoms with van der Waals surface area (Å²) in [5.41, 5.74) is 8.56. The molecule has 5 aromatic carbocycles. The Morgan fingerprint density at radius 2 is 1.23 bits per heavy atom. The van der Waals surface area contributed by atoms with Crippen LogP contribution in [0, 0.1) is 0 Å². The van der Waals surface area contributed by atoms with Gasteiger partial charge in [0.2, 0.25) is 0 Å². The summed E-state index contributed by atoms with van der Waals surface area (Å²) in [6, 6.07) is 45.1. The van der Waals surface area contributed by atoms with Crippen LogP contribution in [0.25, 0.3) is 11.1 Å². The van der Waals surface area contributed by atoms with Gasteiger partial charge in [-0.15, -0.1) is 0 Å². The number of nitrogens with zero attached hydrogens (tertiary/aromatic N) is 2. The highest BCUT2D eigenvalue weighted by atomic mass is 16.7. The second kappa shape index (κ2) is 17.6. The van der Waals surface area contributed by atoms with Crippen molar-refractivity contribution in [2.75, 3.05) is 32.7 Å². The van der Waals surface area contributed by atoms with Crippen LogP contribution in [-0.2, 0) is 35.7 Å². The number of benzene rings is 5. The van der Waals surface area contributed by atoms with E-state index in [1.807, 2.05) is 54.6 Å². The summed E-state index contributed by atoms with van der Waals surface area (Å²) >= 11 is 0. The molecule has 0 spiro atoms. The molecule has 0 radical (unpaired) electrons. The Morgan fingerprint density at radius 1 is 0.615 bits per heavy atom. The molecule has 268 valence electrons. The average molecular weight is 697 g/mol. The highest BCUT2D eigenvalue weighted by Crippen LogP contribution is 2.39. The van der Waals surface area contributed by atoms with Gasteiger partial charge in [-0.2, -0.15) is 0 Å². The number of amides is 2. The van der Waals surface area contributed by atoms with E-state index in [1.54, 1.807) is 0 Å². The third-order valence-corrected chi connectivity index (χ3v) is 9.98. The third kappa shape index (κ3) is 9.73. The van der Waals surface area contributed by atoms with Crippen LogP contribution >= 0.6 is 0 Å². The molecule has 7 rings (SSSR count). The summed E-state index contributed by atoms with van der Waals surface area (Å²) in [6.07, 6.45) is 0.155. The molecule has 8 nitrogen and oxygen atoms in total. The van der Waals surface area contributed by atoms with Crippen LogP contribution in [-0.4, -0.2) is 59.8 Å². The molecule has 3 unspecified atom stereocenters. The van der Waals surface area contributed by atoms with Crippen LogP contribution in [0.4, 0.5) is 4.79 Å². The second-order valence-corrected chi connectivity index (χ2v) is 13.8. The number of piperazine rings is 1. The number of hydrogen-bond acceptors (Lipinski definition) is 6. The Morgan fingerprint density at radius 3 is 1.92 bits per heavy atom. The molecular formula is C44H48N4O4. The number of ether oxygens (including phenoxy) is 2. The lowest BCUT2D eigenvalue weighted by atomic mass is 9.98. The molecule has 2 amide bonds. The molecule has 2 fully saturated rings. The van der Waals surface area contributed by atoms with Gasteiger partial charge in [-0.25, -0.2) is 4.79 Å². The van der Waals surface area contributed by atoms with E-state index in [1.165, 1.54) is 5.56 Å². The monoisotopic (exact) mass is 696 g/mol. The maximum absolute atomic E-state index is 12.4. The topological polar surface area (TPSA) is 86.3 Å². The zero-order valence-electron chi connectivity index (χ0n) is 29.6. The second-order valence-electron chi connectivity index (χ2n) is 13.8. The Kier molecular flexibility index (Phi) is 12.0. The van der Waals surface area contributed by atoms with Gasteiger partial charge in [0.15, 0.2) is 6.29 Å². The maximum atomic E-state index is 12.4. The van der Waals surface area contributed by atoms with Gasteiger partial charge in [0, 0.05) is 64.3 Å². The number of rotatable bonds is 12. The lowest BCUT2D eigenvalue weighted by Crippen LogP contribution is -2.49. The van der Waals surface area contributed by atoms with E-state index >= 15 is 0 Å². The Balaban J connectivity index is 0.982. The van der Waals surface area contributed by atoms with Gasteiger partial charge in [-0.1, -0.05) is 127 Å². The molecule has 2 heterocycles. The first kappa shape index (κ1) is 35.6. The minimum absolute atomic E-state index is 0.00990. The number of hydrogen-bond donors (Lipinski definition) is 3. The minimum Gasteiger partial charge on any atom is -0.392 e. The molecule has 2 aliphatic heterocycles. The van der Waals surface area contributed by atoms with Crippen LogP contribution < -0.4 is 10.6 Å². The van der Waals surface area contributed by atoms with Gasteiger partial charge in [-0.05, 0) is 45.0 Å². The molecule has 0 saturated carbocycles. The molecule has 3 N–H and O–H groups in total. The zero-order chi connectivity index (χ0) is 35.5. The summed E-state index contributed by atoms with van der Waals surface area (Å²) in [4.78, 5) is 17.5. The van der Waals surface area contributed by atoms with E-state index in [-0.39, 0.29) is 24.8 Å². The summed E-state index contributed by atoms with van der Waals surface area (Å²) in [5.74, 6) is 0. The van der Waals surface area contributed by atoms with Crippen LogP contribution in [0.3, 0.4) is 0 Å². The highest BCUT2D eigenvalue weighted by molar-refractivity contribution is 5.74. The maximum Gasteiger partial charge on any atom is 0.315 e. The summed E-state index contributed by atoms with van der Waals surface area (Å²) in [5, 5.41) is 15.5. The molecule has 2 aliphatic rings. The fourth-order valence-corrected chi connectivity index (χ4v) is 7.01. The van der Waals surface area contributed by atoms with E-state index < -0.39 is 6.29 Å². The van der Waals surface area contributed by atoms with Crippen molar-refractivity contribution in [3.8, 4) is 11.1 Å². The zero-order valence-corrected chi connectivity index (χ0v) is 29.6. The summed E-state index contributed by atoms with van der Waals surface area (Å²) in [6.45, 7) is 6.87. The van der Waals surface area contributed by atoms with Crippen molar-refractivity contribution in [1.29, 1.82) is 0 Å². The average Bonchev–Trinajstić information content (AvgIpc) is 3.21. The van der Waals surface area contributed by atoms with E-state index in [0.717, 1.165) is 84.6 Å². The molecule has 0 aliphatic carbocycles. The number of urea groups is 1. The highest BCUT2D eigenvalue weighted by Gasteiger charge is 2.34. The first-order chi connectivity index (χ1) is 25.6. The minimum atomic E-state index is -0.500. The van der Waals surface area contributed by atoms with Crippen LogP contribution in [0.1, 0.15) is 52.2 Å². The molecule has 2 saturated heterocycles. The predicted octanol–water partition coefficient (Wildman–Crippen LogP) is 7.21. The fraction of sp³-hybridized carbons (Fsp3) is 0.295. The summed E-state index contributed by atoms with van der Waals surface area (Å²) in [7, 11) is 0. The molecule has 8 heteroatoms. The van der Waals surface area contributed by atoms with Crippen LogP contribution in [0.5, 0.6) is 0 Å². The predicted molar refractivity (Wildman–Crippen MR) is 204 cm³/mol. The SMILES string of the molecule is O=C(NCc1ccccc1)NCc1cccc(-c2ccc(C3OC(CN4CCN(Cc5ccccc5)CC4)CC(c4ccc(CO)cc4)O3)cc2)c1. The van der Waals surface area contributed by atoms with Crippen LogP contribution in [0.15, 0.2) is 133 Å². The van der Waals surface area contributed by atoms with Crippen molar-refractivity contribution in [3.63, 3.8) is 0 Å². The largest absolute Gasteiger partial charge is 0.392 e. The van der Waals surface area contributed by atoms with Gasteiger partial charge in [0.05, 0.1) is 18.8 Å². The quantitative estimate of drug-likeness (QED) is 0.128. The Labute approximate surface area is 307 Å². The summed E-state index contributed by atoms with van der Waals surface area (Å²) < 4.78 is 13.3. The van der Waals surface area contributed by atoms with E-state index in [9.17, 15) is 9.90 Å². The molecule has 5 aromatic rings. The lowest BCUT2D eigenvalue weighted by molar-refractivity contribution is -0.253. The van der Waals surface area contributed by atoms with E-state index in [4.69, 9.17) is 9.47 Å². The van der Waals surface area contributed by atoms with Crippen molar-refractivity contribution in [2.24, 2.45) is 0 Å². The Bertz CT molecular complexity index is 1850. The van der Waals surface area contributed by atoms with E-state index in [2.05, 4.69) is 99.3 Å². The van der Waals surface area contributed by atoms with Crippen molar-refractivity contribution in [1.82, 2.24) is 20.4 Å². The normalized spacial score (nSPS) is 19.6. The lowest BCUT2D eigenvalue weighted by Gasteiger charge is -2.40. The van der Waals surface area contributed by atoms with Gasteiger partial charge >= 0.3 is 6.03 Å². The van der Waals surface area contributed by atoms with Gasteiger partial charge in [-0.3, -0.25) is 9.80 Å². The first-order valence-electron chi connectivity index (χ1n) is 18.3. The number of aliphatic hydroxyl groups is 1. The molecule has 52 heavy (non-hydrogen) atoms. The number of nitrogens with one attached hydrogen (secondary N) is 2. The van der Waals surface area contributed by atoms with Crippen molar-refractivity contribution in [2.45, 2.75) is 51.2 Å². The van der Waals surface area contributed by atoms with Crippen molar-refractivity contribution < 1.29 is 19.4 Å². The van der Waals surface area contributed by atoms with Gasteiger partial charge in [0.25, 0.3) is 0 Å². The number of aliphatic hydroxyl groups excluding tert-OH is 1. The van der Waals surface area contributed by atoms with Crippen molar-refractivity contribution >= 4 is 6.03 Å². The smallest absolute Gasteiger partial charge is 0.315 e. The molecular weight excluding hydrogens is 649 g/mol. The molecule has 0 bridgehead atoms. The number of carbonyl (C=O) groups excluding carboxylic acids is 1. The Hall–Kier alpha value is -4.83. The van der Waals surface area contributed by atoms with Gasteiger partial charge < -0.3 is 25.2 Å². The number of carbonyl (C=O) groups is 1.